The number of aryl methyl sites for hydroxylation is 1. The number of carbonyl (C=O) groups excluding carboxylic acids is 1. The first-order chi connectivity index (χ1) is 14.4. The number of carbonyl (C=O) groups is 1. The van der Waals surface area contributed by atoms with Crippen molar-refractivity contribution < 1.29 is 17.9 Å². The minimum atomic E-state index is -3.74. The zero-order valence-corrected chi connectivity index (χ0v) is 18.5. The van der Waals surface area contributed by atoms with Crippen LogP contribution in [0.3, 0.4) is 0 Å². The average molecular weight is 432 g/mol. The van der Waals surface area contributed by atoms with E-state index in [0.717, 1.165) is 31.2 Å². The summed E-state index contributed by atoms with van der Waals surface area (Å²) in [4.78, 5) is 16.8. The van der Waals surface area contributed by atoms with Gasteiger partial charge in [-0.3, -0.25) is 4.79 Å². The lowest BCUT2D eigenvalue weighted by Gasteiger charge is -2.25. The van der Waals surface area contributed by atoms with Gasteiger partial charge in [-0.2, -0.15) is 8.42 Å². The summed E-state index contributed by atoms with van der Waals surface area (Å²) in [7, 11) is -3.74. The van der Waals surface area contributed by atoms with Crippen molar-refractivity contribution in [2.24, 2.45) is 4.40 Å². The fraction of sp³-hybridized carbons (Fsp3) is 0.545. The van der Waals surface area contributed by atoms with E-state index in [9.17, 15) is 13.2 Å². The highest BCUT2D eigenvalue weighted by Gasteiger charge is 2.35. The van der Waals surface area contributed by atoms with E-state index in [1.807, 2.05) is 41.0 Å². The second-order valence-corrected chi connectivity index (χ2v) is 9.60. The Bertz CT molecular complexity index is 976. The lowest BCUT2D eigenvalue weighted by atomic mass is 10.1. The number of amidine groups is 1. The molecule has 0 radical (unpaired) electrons. The van der Waals surface area contributed by atoms with E-state index >= 15 is 0 Å². The lowest BCUT2D eigenvalue weighted by Crippen LogP contribution is -2.41. The van der Waals surface area contributed by atoms with Crippen LogP contribution >= 0.6 is 0 Å². The molecule has 4 rings (SSSR count). The zero-order chi connectivity index (χ0) is 21.3. The van der Waals surface area contributed by atoms with Crippen LogP contribution in [-0.4, -0.2) is 68.9 Å². The minimum absolute atomic E-state index is 0.0549. The third-order valence-corrected chi connectivity index (χ3v) is 7.55. The highest BCUT2D eigenvalue weighted by atomic mass is 32.2. The SMILES string of the molecule is CCc1ccc(C2=C(C)C(N3CCCN(C(=O)C4CCCO4)CC3)=NS2(=O)=O)cc1. The second-order valence-electron chi connectivity index (χ2n) is 8.06. The number of nitrogens with zero attached hydrogens (tertiary/aromatic N) is 3. The van der Waals surface area contributed by atoms with Gasteiger partial charge >= 0.3 is 0 Å². The molecule has 0 aliphatic carbocycles. The van der Waals surface area contributed by atoms with Crippen molar-refractivity contribution in [1.82, 2.24) is 9.80 Å². The van der Waals surface area contributed by atoms with Crippen LogP contribution in [0.25, 0.3) is 4.91 Å². The van der Waals surface area contributed by atoms with E-state index in [1.165, 1.54) is 0 Å². The standard InChI is InChI=1S/C22H29N3O4S/c1-3-17-7-9-18(10-8-17)20-16(2)21(23-30(20,27)28)24-11-5-12-25(14-13-24)22(26)19-6-4-15-29-19/h7-10,19H,3-6,11-15H2,1-2H3. The molecule has 2 saturated heterocycles. The van der Waals surface area contributed by atoms with Gasteiger partial charge in [0.2, 0.25) is 0 Å². The van der Waals surface area contributed by atoms with Crippen molar-refractivity contribution in [3.63, 3.8) is 0 Å². The zero-order valence-electron chi connectivity index (χ0n) is 17.6. The van der Waals surface area contributed by atoms with Crippen LogP contribution in [0.5, 0.6) is 0 Å². The van der Waals surface area contributed by atoms with Gasteiger partial charge in [0.15, 0.2) is 0 Å². The quantitative estimate of drug-likeness (QED) is 0.734. The lowest BCUT2D eigenvalue weighted by molar-refractivity contribution is -0.140. The van der Waals surface area contributed by atoms with E-state index < -0.39 is 10.0 Å². The molecule has 0 aromatic heterocycles. The summed E-state index contributed by atoms with van der Waals surface area (Å²) >= 11 is 0. The summed E-state index contributed by atoms with van der Waals surface area (Å²) in [5, 5.41) is 0. The molecule has 1 amide bonds. The molecule has 0 N–H and O–H groups in total. The molecule has 0 spiro atoms. The maximum atomic E-state index is 12.9. The highest BCUT2D eigenvalue weighted by molar-refractivity contribution is 8.00. The predicted octanol–water partition coefficient (Wildman–Crippen LogP) is 2.44. The van der Waals surface area contributed by atoms with Gasteiger partial charge in [-0.25, -0.2) is 0 Å². The Morgan fingerprint density at radius 3 is 2.57 bits per heavy atom. The Hall–Kier alpha value is -2.19. The van der Waals surface area contributed by atoms with Crippen LogP contribution < -0.4 is 0 Å². The molecule has 3 aliphatic heterocycles. The van der Waals surface area contributed by atoms with Gasteiger partial charge in [0.1, 0.15) is 16.8 Å². The first kappa shape index (κ1) is 21.1. The van der Waals surface area contributed by atoms with Gasteiger partial charge in [0.05, 0.1) is 0 Å². The fourth-order valence-electron chi connectivity index (χ4n) is 4.40. The van der Waals surface area contributed by atoms with E-state index in [1.54, 1.807) is 0 Å². The first-order valence-corrected chi connectivity index (χ1v) is 12.2. The topological polar surface area (TPSA) is 79.3 Å². The smallest absolute Gasteiger partial charge is 0.285 e. The maximum absolute atomic E-state index is 12.9. The Balaban J connectivity index is 1.53. The average Bonchev–Trinajstić information content (AvgIpc) is 3.26. The van der Waals surface area contributed by atoms with Crippen LogP contribution in [0.15, 0.2) is 34.2 Å². The number of benzene rings is 1. The molecule has 3 heterocycles. The van der Waals surface area contributed by atoms with Gasteiger partial charge in [0.25, 0.3) is 15.9 Å². The normalized spacial score (nSPS) is 24.2. The summed E-state index contributed by atoms with van der Waals surface area (Å²) in [5.74, 6) is 0.565. The number of rotatable bonds is 3. The van der Waals surface area contributed by atoms with Gasteiger partial charge in [-0.15, -0.1) is 4.40 Å². The van der Waals surface area contributed by atoms with Gasteiger partial charge in [0, 0.05) is 38.4 Å². The van der Waals surface area contributed by atoms with Crippen LogP contribution in [0, 0.1) is 0 Å². The first-order valence-electron chi connectivity index (χ1n) is 10.7. The second kappa shape index (κ2) is 8.51. The van der Waals surface area contributed by atoms with Gasteiger partial charge < -0.3 is 14.5 Å². The largest absolute Gasteiger partial charge is 0.368 e. The van der Waals surface area contributed by atoms with Crippen molar-refractivity contribution in [1.29, 1.82) is 0 Å². The summed E-state index contributed by atoms with van der Waals surface area (Å²) in [5.41, 5.74) is 2.52. The third kappa shape index (κ3) is 4.03. The van der Waals surface area contributed by atoms with E-state index in [0.29, 0.717) is 49.8 Å². The highest BCUT2D eigenvalue weighted by Crippen LogP contribution is 2.34. The Kier molecular flexibility index (Phi) is 5.97. The molecule has 162 valence electrons. The fourth-order valence-corrected chi connectivity index (χ4v) is 5.88. The van der Waals surface area contributed by atoms with Crippen molar-refractivity contribution in [3.8, 4) is 0 Å². The predicted molar refractivity (Wildman–Crippen MR) is 117 cm³/mol. The van der Waals surface area contributed by atoms with E-state index in [2.05, 4.69) is 11.3 Å². The van der Waals surface area contributed by atoms with Crippen molar-refractivity contribution >= 4 is 26.7 Å². The number of hydrogen-bond acceptors (Lipinski definition) is 5. The van der Waals surface area contributed by atoms with Crippen LogP contribution in [-0.2, 0) is 26.0 Å². The molecule has 8 heteroatoms. The summed E-state index contributed by atoms with van der Waals surface area (Å²) in [6, 6.07) is 7.64. The number of amides is 1. The number of ether oxygens (including phenoxy) is 1. The Morgan fingerprint density at radius 1 is 1.13 bits per heavy atom. The molecular weight excluding hydrogens is 402 g/mol. The summed E-state index contributed by atoms with van der Waals surface area (Å²) < 4.78 is 35.4. The molecule has 1 aromatic rings. The maximum Gasteiger partial charge on any atom is 0.285 e. The third-order valence-electron chi connectivity index (χ3n) is 6.08. The molecule has 1 aromatic carbocycles. The molecule has 0 saturated carbocycles. The van der Waals surface area contributed by atoms with Gasteiger partial charge in [-0.05, 0) is 43.7 Å². The van der Waals surface area contributed by atoms with Crippen molar-refractivity contribution in [2.45, 2.75) is 45.6 Å². The van der Waals surface area contributed by atoms with Crippen LogP contribution in [0.4, 0.5) is 0 Å². The minimum Gasteiger partial charge on any atom is -0.368 e. The van der Waals surface area contributed by atoms with E-state index in [4.69, 9.17) is 4.74 Å². The monoisotopic (exact) mass is 431 g/mol. The summed E-state index contributed by atoms with van der Waals surface area (Å²) in [6.07, 6.45) is 3.07. The Morgan fingerprint density at radius 2 is 1.90 bits per heavy atom. The number of sulfonamides is 1. The summed E-state index contributed by atoms with van der Waals surface area (Å²) in [6.45, 7) is 6.98. The molecule has 7 nitrogen and oxygen atoms in total. The van der Waals surface area contributed by atoms with Crippen molar-refractivity contribution in [2.75, 3.05) is 32.8 Å². The molecule has 1 atom stereocenters. The Labute approximate surface area is 178 Å². The molecule has 30 heavy (non-hydrogen) atoms. The van der Waals surface area contributed by atoms with Crippen LogP contribution in [0.1, 0.15) is 44.2 Å². The van der Waals surface area contributed by atoms with Gasteiger partial charge in [-0.1, -0.05) is 31.2 Å². The van der Waals surface area contributed by atoms with Crippen molar-refractivity contribution in [3.05, 3.63) is 41.0 Å². The molecule has 2 fully saturated rings. The molecule has 0 bridgehead atoms. The van der Waals surface area contributed by atoms with Crippen LogP contribution in [0.2, 0.25) is 0 Å². The molecular formula is C22H29N3O4S. The molecule has 3 aliphatic rings. The molecule has 1 unspecified atom stereocenters. The number of hydrogen-bond donors (Lipinski definition) is 0. The van der Waals surface area contributed by atoms with E-state index in [-0.39, 0.29) is 16.9 Å².